The molecular formula is C17H28N2O. The molecule has 1 aromatic rings. The van der Waals surface area contributed by atoms with Crippen molar-refractivity contribution in [2.45, 2.75) is 32.7 Å². The van der Waals surface area contributed by atoms with Crippen LogP contribution in [0.1, 0.15) is 38.3 Å². The Labute approximate surface area is 123 Å². The molecule has 20 heavy (non-hydrogen) atoms. The number of nitrogens with one attached hydrogen (secondary N) is 1. The highest BCUT2D eigenvalue weighted by Crippen LogP contribution is 2.27. The Bertz CT molecular complexity index is 408. The Kier molecular flexibility index (Phi) is 5.86. The minimum Gasteiger partial charge on any atom is -0.494 e. The van der Waals surface area contributed by atoms with Gasteiger partial charge in [0.2, 0.25) is 0 Å². The lowest BCUT2D eigenvalue weighted by atomic mass is 9.98. The lowest BCUT2D eigenvalue weighted by Crippen LogP contribution is -2.40. The maximum atomic E-state index is 5.77. The van der Waals surface area contributed by atoms with Crippen LogP contribution in [0.4, 0.5) is 0 Å². The van der Waals surface area contributed by atoms with E-state index in [0.717, 1.165) is 18.2 Å². The Morgan fingerprint density at radius 1 is 1.40 bits per heavy atom. The molecule has 1 heterocycles. The summed E-state index contributed by atoms with van der Waals surface area (Å²) in [6.45, 7) is 8.61. The van der Waals surface area contributed by atoms with E-state index in [0.29, 0.717) is 12.6 Å². The minimum atomic E-state index is 0.336. The fraction of sp³-hybridized carbons (Fsp3) is 0.647. The number of benzene rings is 1. The smallest absolute Gasteiger partial charge is 0.124 e. The average Bonchev–Trinajstić information content (AvgIpc) is 2.46. The highest BCUT2D eigenvalue weighted by molar-refractivity contribution is 5.36. The summed E-state index contributed by atoms with van der Waals surface area (Å²) in [5, 5.41) is 3.46. The number of nitrogens with zero attached hydrogens (tertiary/aromatic N) is 1. The van der Waals surface area contributed by atoms with Gasteiger partial charge in [0.05, 0.1) is 6.61 Å². The van der Waals surface area contributed by atoms with E-state index in [-0.39, 0.29) is 0 Å². The quantitative estimate of drug-likeness (QED) is 0.864. The van der Waals surface area contributed by atoms with E-state index in [4.69, 9.17) is 4.74 Å². The lowest BCUT2D eigenvalue weighted by Gasteiger charge is -2.34. The first-order chi connectivity index (χ1) is 9.74. The standard InChI is InChI=1S/C17H28N2O/c1-4-20-17-10-6-5-9-15(17)16(18-3)13-19-11-7-8-14(2)12-19/h5-6,9-10,14,16,18H,4,7-8,11-13H2,1-3H3. The molecule has 2 unspecified atom stereocenters. The monoisotopic (exact) mass is 276 g/mol. The normalized spacial score (nSPS) is 21.6. The van der Waals surface area contributed by atoms with Crippen LogP contribution in [0.5, 0.6) is 5.75 Å². The van der Waals surface area contributed by atoms with Gasteiger partial charge in [-0.05, 0) is 45.3 Å². The van der Waals surface area contributed by atoms with Gasteiger partial charge in [0.15, 0.2) is 0 Å². The lowest BCUT2D eigenvalue weighted by molar-refractivity contribution is 0.168. The Hall–Kier alpha value is -1.06. The summed E-state index contributed by atoms with van der Waals surface area (Å²) in [5.74, 6) is 1.84. The number of likely N-dealkylation sites (N-methyl/N-ethyl adjacent to an activating group) is 1. The fourth-order valence-electron chi connectivity index (χ4n) is 3.11. The second-order valence-corrected chi connectivity index (χ2v) is 5.82. The predicted molar refractivity (Wildman–Crippen MR) is 84.2 cm³/mol. The van der Waals surface area contributed by atoms with E-state index >= 15 is 0 Å². The zero-order valence-corrected chi connectivity index (χ0v) is 13.1. The highest BCUT2D eigenvalue weighted by Gasteiger charge is 2.21. The zero-order chi connectivity index (χ0) is 14.4. The molecule has 112 valence electrons. The maximum Gasteiger partial charge on any atom is 0.124 e. The van der Waals surface area contributed by atoms with Crippen molar-refractivity contribution in [3.05, 3.63) is 29.8 Å². The molecule has 0 spiro atoms. The van der Waals surface area contributed by atoms with Gasteiger partial charge in [-0.2, -0.15) is 0 Å². The third-order valence-electron chi connectivity index (χ3n) is 4.12. The molecule has 2 rings (SSSR count). The maximum absolute atomic E-state index is 5.77. The van der Waals surface area contributed by atoms with E-state index in [1.54, 1.807) is 0 Å². The van der Waals surface area contributed by atoms with Gasteiger partial charge in [-0.1, -0.05) is 25.1 Å². The van der Waals surface area contributed by atoms with Gasteiger partial charge < -0.3 is 15.0 Å². The Morgan fingerprint density at radius 3 is 2.90 bits per heavy atom. The number of likely N-dealkylation sites (tertiary alicyclic amines) is 1. The van der Waals surface area contributed by atoms with Crippen molar-refractivity contribution in [1.82, 2.24) is 10.2 Å². The molecule has 1 aromatic carbocycles. The van der Waals surface area contributed by atoms with E-state index < -0.39 is 0 Å². The SMILES string of the molecule is CCOc1ccccc1C(CN1CCCC(C)C1)NC. The van der Waals surface area contributed by atoms with Crippen LogP contribution in [-0.2, 0) is 0 Å². The van der Waals surface area contributed by atoms with Crippen LogP contribution in [0.25, 0.3) is 0 Å². The first-order valence-corrected chi connectivity index (χ1v) is 7.86. The molecule has 2 atom stereocenters. The van der Waals surface area contributed by atoms with E-state index in [9.17, 15) is 0 Å². The van der Waals surface area contributed by atoms with Crippen molar-refractivity contribution >= 4 is 0 Å². The molecule has 0 bridgehead atoms. The van der Waals surface area contributed by atoms with Crippen LogP contribution >= 0.6 is 0 Å². The van der Waals surface area contributed by atoms with E-state index in [2.05, 4.69) is 35.3 Å². The van der Waals surface area contributed by atoms with Gasteiger partial charge >= 0.3 is 0 Å². The van der Waals surface area contributed by atoms with Gasteiger partial charge in [0.25, 0.3) is 0 Å². The summed E-state index contributed by atoms with van der Waals surface area (Å²) in [7, 11) is 2.04. The molecule has 0 aliphatic carbocycles. The van der Waals surface area contributed by atoms with Gasteiger partial charge in [-0.15, -0.1) is 0 Å². The van der Waals surface area contributed by atoms with Crippen molar-refractivity contribution in [2.24, 2.45) is 5.92 Å². The number of rotatable bonds is 6. The molecule has 0 saturated carbocycles. The zero-order valence-electron chi connectivity index (χ0n) is 13.1. The van der Waals surface area contributed by atoms with Gasteiger partial charge in [0.1, 0.15) is 5.75 Å². The molecule has 3 nitrogen and oxygen atoms in total. The van der Waals surface area contributed by atoms with Crippen LogP contribution in [0, 0.1) is 5.92 Å². The molecule has 0 amide bonds. The van der Waals surface area contributed by atoms with Crippen molar-refractivity contribution in [3.63, 3.8) is 0 Å². The number of piperidine rings is 1. The van der Waals surface area contributed by atoms with Crippen LogP contribution in [-0.4, -0.2) is 38.2 Å². The van der Waals surface area contributed by atoms with E-state index in [1.807, 2.05) is 20.0 Å². The molecule has 1 saturated heterocycles. The van der Waals surface area contributed by atoms with Gasteiger partial charge in [-0.25, -0.2) is 0 Å². The highest BCUT2D eigenvalue weighted by atomic mass is 16.5. The molecule has 1 aliphatic heterocycles. The van der Waals surface area contributed by atoms with Crippen molar-refractivity contribution in [3.8, 4) is 5.75 Å². The number of ether oxygens (including phenoxy) is 1. The second kappa shape index (κ2) is 7.65. The summed E-state index contributed by atoms with van der Waals surface area (Å²) in [6.07, 6.45) is 2.70. The number of para-hydroxylation sites is 1. The summed E-state index contributed by atoms with van der Waals surface area (Å²) < 4.78 is 5.77. The molecule has 0 aromatic heterocycles. The summed E-state index contributed by atoms with van der Waals surface area (Å²) >= 11 is 0. The summed E-state index contributed by atoms with van der Waals surface area (Å²) in [6, 6.07) is 8.73. The third kappa shape index (κ3) is 3.97. The molecule has 1 fully saturated rings. The molecule has 1 N–H and O–H groups in total. The summed E-state index contributed by atoms with van der Waals surface area (Å²) in [4.78, 5) is 2.58. The Morgan fingerprint density at radius 2 is 2.20 bits per heavy atom. The van der Waals surface area contributed by atoms with Crippen molar-refractivity contribution in [2.75, 3.05) is 33.3 Å². The van der Waals surface area contributed by atoms with Crippen LogP contribution < -0.4 is 10.1 Å². The number of hydrogen-bond donors (Lipinski definition) is 1. The molecule has 0 radical (unpaired) electrons. The first kappa shape index (κ1) is 15.3. The van der Waals surface area contributed by atoms with Crippen LogP contribution in [0.2, 0.25) is 0 Å². The Balaban J connectivity index is 2.07. The predicted octanol–water partition coefficient (Wildman–Crippen LogP) is 3.08. The largest absolute Gasteiger partial charge is 0.494 e. The fourth-order valence-corrected chi connectivity index (χ4v) is 3.11. The number of hydrogen-bond acceptors (Lipinski definition) is 3. The topological polar surface area (TPSA) is 24.5 Å². The molecule has 3 heteroatoms. The molecule has 1 aliphatic rings. The van der Waals surface area contributed by atoms with Crippen LogP contribution in [0.15, 0.2) is 24.3 Å². The average molecular weight is 276 g/mol. The summed E-state index contributed by atoms with van der Waals surface area (Å²) in [5.41, 5.74) is 1.27. The second-order valence-electron chi connectivity index (χ2n) is 5.82. The first-order valence-electron chi connectivity index (χ1n) is 7.86. The van der Waals surface area contributed by atoms with Crippen molar-refractivity contribution in [1.29, 1.82) is 0 Å². The van der Waals surface area contributed by atoms with Gasteiger partial charge in [-0.3, -0.25) is 0 Å². The van der Waals surface area contributed by atoms with Gasteiger partial charge in [0, 0.05) is 24.7 Å². The molecular weight excluding hydrogens is 248 g/mol. The minimum absolute atomic E-state index is 0.336. The van der Waals surface area contributed by atoms with E-state index in [1.165, 1.54) is 31.5 Å². The third-order valence-corrected chi connectivity index (χ3v) is 4.12. The van der Waals surface area contributed by atoms with Crippen LogP contribution in [0.3, 0.4) is 0 Å². The van der Waals surface area contributed by atoms with Crippen molar-refractivity contribution < 1.29 is 4.74 Å².